The normalized spacial score (nSPS) is 11.0. The fourth-order valence-corrected chi connectivity index (χ4v) is 2.10. The molecule has 5 heteroatoms. The van der Waals surface area contributed by atoms with E-state index in [1.807, 2.05) is 38.1 Å². The Balaban J connectivity index is 2.49. The lowest BCUT2D eigenvalue weighted by Gasteiger charge is -2.09. The Bertz CT molecular complexity index is 662. The molecule has 5 nitrogen and oxygen atoms in total. The number of rotatable bonds is 4. The Morgan fingerprint density at radius 3 is 2.75 bits per heavy atom. The maximum atomic E-state index is 12.0. The van der Waals surface area contributed by atoms with Gasteiger partial charge in [0.2, 0.25) is 5.88 Å². The summed E-state index contributed by atoms with van der Waals surface area (Å²) in [6.45, 7) is 4.16. The van der Waals surface area contributed by atoms with Gasteiger partial charge >= 0.3 is 0 Å². The molecule has 0 radical (unpaired) electrons. The van der Waals surface area contributed by atoms with Crippen molar-refractivity contribution in [2.45, 2.75) is 26.4 Å². The van der Waals surface area contributed by atoms with Crippen LogP contribution in [0, 0.1) is 0 Å². The Hall–Kier alpha value is -2.14. The highest BCUT2D eigenvalue weighted by Gasteiger charge is 2.14. The van der Waals surface area contributed by atoms with E-state index < -0.39 is 0 Å². The van der Waals surface area contributed by atoms with E-state index in [9.17, 15) is 9.90 Å². The van der Waals surface area contributed by atoms with Gasteiger partial charge in [-0.05, 0) is 17.5 Å². The zero-order valence-electron chi connectivity index (χ0n) is 11.8. The minimum Gasteiger partial charge on any atom is -0.493 e. The third-order valence-corrected chi connectivity index (χ3v) is 3.02. The van der Waals surface area contributed by atoms with Gasteiger partial charge in [-0.3, -0.25) is 4.79 Å². The minimum atomic E-state index is -0.306. The lowest BCUT2D eigenvalue weighted by Crippen LogP contribution is -2.16. The Morgan fingerprint density at radius 1 is 1.40 bits per heavy atom. The van der Waals surface area contributed by atoms with Crippen LogP contribution in [0.15, 0.2) is 29.1 Å². The summed E-state index contributed by atoms with van der Waals surface area (Å²) in [5.41, 5.74) is 1.71. The van der Waals surface area contributed by atoms with E-state index in [2.05, 4.69) is 9.97 Å². The zero-order valence-corrected chi connectivity index (χ0v) is 11.8. The summed E-state index contributed by atoms with van der Waals surface area (Å²) in [5, 5.41) is 9.92. The molecule has 1 heterocycles. The van der Waals surface area contributed by atoms with Crippen LogP contribution >= 0.6 is 0 Å². The number of aromatic amines is 1. The second-order valence-corrected chi connectivity index (χ2v) is 4.94. The summed E-state index contributed by atoms with van der Waals surface area (Å²) >= 11 is 0. The molecule has 1 aromatic carbocycles. The highest BCUT2D eigenvalue weighted by molar-refractivity contribution is 5.56. The first-order valence-electron chi connectivity index (χ1n) is 6.44. The third kappa shape index (κ3) is 2.88. The third-order valence-electron chi connectivity index (χ3n) is 3.02. The lowest BCUT2D eigenvalue weighted by molar-refractivity contribution is 0.185. The van der Waals surface area contributed by atoms with Crippen molar-refractivity contribution in [1.82, 2.24) is 9.97 Å². The second kappa shape index (κ2) is 5.88. The van der Waals surface area contributed by atoms with Crippen LogP contribution in [-0.4, -0.2) is 22.2 Å². The van der Waals surface area contributed by atoms with Crippen LogP contribution in [0.1, 0.15) is 30.9 Å². The first kappa shape index (κ1) is 14.3. The molecule has 0 fully saturated rings. The van der Waals surface area contributed by atoms with Crippen molar-refractivity contribution in [2.24, 2.45) is 0 Å². The number of methoxy groups -OCH3 is 1. The molecule has 20 heavy (non-hydrogen) atoms. The van der Waals surface area contributed by atoms with Crippen molar-refractivity contribution >= 4 is 0 Å². The van der Waals surface area contributed by atoms with Gasteiger partial charge in [0.1, 0.15) is 5.82 Å². The molecule has 2 rings (SSSR count). The monoisotopic (exact) mass is 274 g/mol. The van der Waals surface area contributed by atoms with E-state index in [-0.39, 0.29) is 17.4 Å². The van der Waals surface area contributed by atoms with Gasteiger partial charge in [0.05, 0.1) is 12.2 Å². The molecule has 0 atom stereocenters. The molecule has 0 saturated heterocycles. The average molecular weight is 274 g/mol. The number of aromatic hydroxyl groups is 1. The maximum Gasteiger partial charge on any atom is 0.258 e. The number of benzene rings is 1. The number of H-pyrrole nitrogens is 1. The molecule has 1 aromatic heterocycles. The summed E-state index contributed by atoms with van der Waals surface area (Å²) in [5.74, 6) is 0.0610. The van der Waals surface area contributed by atoms with Crippen LogP contribution in [-0.2, 0) is 11.3 Å². The highest BCUT2D eigenvalue weighted by Crippen LogP contribution is 2.23. The zero-order chi connectivity index (χ0) is 14.7. The van der Waals surface area contributed by atoms with Crippen molar-refractivity contribution in [1.29, 1.82) is 0 Å². The molecule has 0 aliphatic carbocycles. The SMILES string of the molecule is COCc1cccc(-c2nc(O)c(C(C)C)c(=O)[nH]2)c1. The number of aromatic nitrogens is 2. The summed E-state index contributed by atoms with van der Waals surface area (Å²) < 4.78 is 5.08. The molecule has 0 aliphatic rings. The van der Waals surface area contributed by atoms with Crippen LogP contribution in [0.2, 0.25) is 0 Å². The standard InChI is InChI=1S/C15H18N2O3/c1-9(2)12-14(18)16-13(17-15(12)19)11-6-4-5-10(7-11)8-20-3/h4-7,9H,8H2,1-3H3,(H2,16,17,18,19). The van der Waals surface area contributed by atoms with Crippen molar-refractivity contribution < 1.29 is 9.84 Å². The molecule has 2 aromatic rings. The summed E-state index contributed by atoms with van der Waals surface area (Å²) in [4.78, 5) is 18.8. The molecule has 0 aliphatic heterocycles. The second-order valence-electron chi connectivity index (χ2n) is 4.94. The van der Waals surface area contributed by atoms with E-state index >= 15 is 0 Å². The van der Waals surface area contributed by atoms with Crippen LogP contribution < -0.4 is 5.56 Å². The molecular weight excluding hydrogens is 256 g/mol. The molecule has 106 valence electrons. The van der Waals surface area contributed by atoms with Gasteiger partial charge in [0.25, 0.3) is 5.56 Å². The van der Waals surface area contributed by atoms with Crippen molar-refractivity contribution in [2.75, 3.05) is 7.11 Å². The Labute approximate surface area is 117 Å². The van der Waals surface area contributed by atoms with Crippen LogP contribution in [0.3, 0.4) is 0 Å². The van der Waals surface area contributed by atoms with Crippen LogP contribution in [0.25, 0.3) is 11.4 Å². The smallest absolute Gasteiger partial charge is 0.258 e. The van der Waals surface area contributed by atoms with Crippen molar-refractivity contribution in [3.63, 3.8) is 0 Å². The average Bonchev–Trinajstić information content (AvgIpc) is 2.38. The Kier molecular flexibility index (Phi) is 4.20. The predicted molar refractivity (Wildman–Crippen MR) is 76.8 cm³/mol. The molecule has 0 bridgehead atoms. The van der Waals surface area contributed by atoms with E-state index in [0.29, 0.717) is 18.0 Å². The lowest BCUT2D eigenvalue weighted by atomic mass is 10.1. The maximum absolute atomic E-state index is 12.0. The summed E-state index contributed by atoms with van der Waals surface area (Å²) in [6, 6.07) is 7.48. The molecular formula is C15H18N2O3. The van der Waals surface area contributed by atoms with E-state index in [4.69, 9.17) is 4.74 Å². The van der Waals surface area contributed by atoms with Gasteiger partial charge in [-0.25, -0.2) is 0 Å². The first-order chi connectivity index (χ1) is 9.52. The van der Waals surface area contributed by atoms with Gasteiger partial charge in [-0.1, -0.05) is 32.0 Å². The number of hydrogen-bond donors (Lipinski definition) is 2. The molecule has 2 N–H and O–H groups in total. The highest BCUT2D eigenvalue weighted by atomic mass is 16.5. The van der Waals surface area contributed by atoms with Crippen LogP contribution in [0.4, 0.5) is 0 Å². The minimum absolute atomic E-state index is 0.0832. The van der Waals surface area contributed by atoms with Gasteiger partial charge in [-0.2, -0.15) is 4.98 Å². The number of hydrogen-bond acceptors (Lipinski definition) is 4. The quantitative estimate of drug-likeness (QED) is 0.897. The van der Waals surface area contributed by atoms with E-state index in [0.717, 1.165) is 11.1 Å². The topological polar surface area (TPSA) is 75.2 Å². The number of nitrogens with zero attached hydrogens (tertiary/aromatic N) is 1. The number of ether oxygens (including phenoxy) is 1. The van der Waals surface area contributed by atoms with Gasteiger partial charge in [0, 0.05) is 12.7 Å². The predicted octanol–water partition coefficient (Wildman–Crippen LogP) is 2.41. The molecule has 0 amide bonds. The van der Waals surface area contributed by atoms with Gasteiger partial charge in [-0.15, -0.1) is 0 Å². The van der Waals surface area contributed by atoms with Gasteiger partial charge < -0.3 is 14.8 Å². The van der Waals surface area contributed by atoms with Crippen LogP contribution in [0.5, 0.6) is 5.88 Å². The summed E-state index contributed by atoms with van der Waals surface area (Å²) in [7, 11) is 1.62. The van der Waals surface area contributed by atoms with Crippen molar-refractivity contribution in [3.05, 3.63) is 45.7 Å². The Morgan fingerprint density at radius 2 is 2.15 bits per heavy atom. The van der Waals surface area contributed by atoms with Crippen molar-refractivity contribution in [3.8, 4) is 17.3 Å². The van der Waals surface area contributed by atoms with Gasteiger partial charge in [0.15, 0.2) is 0 Å². The molecule has 0 spiro atoms. The van der Waals surface area contributed by atoms with E-state index in [1.54, 1.807) is 7.11 Å². The first-order valence-corrected chi connectivity index (χ1v) is 6.44. The fraction of sp³-hybridized carbons (Fsp3) is 0.333. The van der Waals surface area contributed by atoms with E-state index in [1.165, 1.54) is 0 Å². The number of nitrogens with one attached hydrogen (secondary N) is 1. The molecule has 0 unspecified atom stereocenters. The largest absolute Gasteiger partial charge is 0.493 e. The fourth-order valence-electron chi connectivity index (χ4n) is 2.10. The molecule has 0 saturated carbocycles. The summed E-state index contributed by atoms with van der Waals surface area (Å²) in [6.07, 6.45) is 0.